The molecule has 0 bridgehead atoms. The van der Waals surface area contributed by atoms with E-state index in [1.807, 2.05) is 18.2 Å². The summed E-state index contributed by atoms with van der Waals surface area (Å²) in [4.78, 5) is 19.1. The monoisotopic (exact) mass is 320 g/mol. The second kappa shape index (κ2) is 4.81. The second-order valence-corrected chi connectivity index (χ2v) is 5.49. The van der Waals surface area contributed by atoms with Gasteiger partial charge in [0.25, 0.3) is 5.56 Å². The number of hydrogen-bond acceptors (Lipinski definition) is 3. The van der Waals surface area contributed by atoms with Gasteiger partial charge in [0.15, 0.2) is 0 Å². The Morgan fingerprint density at radius 3 is 2.84 bits per heavy atom. The minimum Gasteiger partial charge on any atom is -0.497 e. The number of rotatable bonds is 3. The first-order valence-corrected chi connectivity index (χ1v) is 6.92. The number of nitrogens with one attached hydrogen (secondary N) is 1. The van der Waals surface area contributed by atoms with Crippen LogP contribution < -0.4 is 10.3 Å². The largest absolute Gasteiger partial charge is 0.497 e. The van der Waals surface area contributed by atoms with Gasteiger partial charge in [0.1, 0.15) is 11.6 Å². The smallest absolute Gasteiger partial charge is 0.251 e. The highest BCUT2D eigenvalue weighted by molar-refractivity contribution is 9.10. The van der Waals surface area contributed by atoms with Gasteiger partial charge in [0.05, 0.1) is 12.8 Å². The van der Waals surface area contributed by atoms with E-state index in [1.54, 1.807) is 13.2 Å². The van der Waals surface area contributed by atoms with Crippen LogP contribution in [-0.4, -0.2) is 17.1 Å². The van der Waals surface area contributed by atoms with Gasteiger partial charge in [-0.3, -0.25) is 4.79 Å². The van der Waals surface area contributed by atoms with Gasteiger partial charge >= 0.3 is 0 Å². The average molecular weight is 321 g/mol. The Kier molecular flexibility index (Phi) is 3.14. The van der Waals surface area contributed by atoms with Crippen LogP contribution in [-0.2, 0) is 0 Å². The molecule has 1 saturated carbocycles. The molecule has 5 heteroatoms. The van der Waals surface area contributed by atoms with Gasteiger partial charge in [-0.05, 0) is 31.0 Å². The summed E-state index contributed by atoms with van der Waals surface area (Å²) < 4.78 is 6.09. The van der Waals surface area contributed by atoms with Crippen molar-refractivity contribution in [2.75, 3.05) is 7.11 Å². The van der Waals surface area contributed by atoms with Crippen LogP contribution in [0.1, 0.15) is 24.5 Å². The summed E-state index contributed by atoms with van der Waals surface area (Å²) in [7, 11) is 1.61. The van der Waals surface area contributed by atoms with Crippen LogP contribution in [0, 0.1) is 0 Å². The number of H-pyrrole nitrogens is 1. The molecule has 4 nitrogen and oxygen atoms in total. The molecule has 1 aromatic heterocycles. The van der Waals surface area contributed by atoms with E-state index in [9.17, 15) is 4.79 Å². The first-order valence-electron chi connectivity index (χ1n) is 6.12. The van der Waals surface area contributed by atoms with Gasteiger partial charge in [0, 0.05) is 22.0 Å². The van der Waals surface area contributed by atoms with E-state index in [-0.39, 0.29) is 5.56 Å². The molecule has 0 unspecified atom stereocenters. The number of aromatic nitrogens is 2. The first kappa shape index (κ1) is 12.4. The van der Waals surface area contributed by atoms with Crippen molar-refractivity contribution in [3.8, 4) is 17.1 Å². The van der Waals surface area contributed by atoms with E-state index >= 15 is 0 Å². The van der Waals surface area contributed by atoms with E-state index in [0.717, 1.165) is 34.3 Å². The van der Waals surface area contributed by atoms with Gasteiger partial charge in [-0.25, -0.2) is 4.98 Å². The van der Waals surface area contributed by atoms with Crippen molar-refractivity contribution in [3.05, 3.63) is 44.8 Å². The molecular weight excluding hydrogens is 308 g/mol. The molecule has 0 radical (unpaired) electrons. The number of benzene rings is 1. The van der Waals surface area contributed by atoms with Gasteiger partial charge in [-0.2, -0.15) is 0 Å². The lowest BCUT2D eigenvalue weighted by Crippen LogP contribution is -2.10. The van der Waals surface area contributed by atoms with Crippen molar-refractivity contribution in [1.82, 2.24) is 9.97 Å². The predicted molar refractivity (Wildman–Crippen MR) is 76.5 cm³/mol. The number of methoxy groups -OCH3 is 1. The van der Waals surface area contributed by atoms with Crippen molar-refractivity contribution < 1.29 is 4.74 Å². The fourth-order valence-corrected chi connectivity index (χ4v) is 2.44. The summed E-state index contributed by atoms with van der Waals surface area (Å²) in [6.45, 7) is 0. The van der Waals surface area contributed by atoms with Gasteiger partial charge in [-0.15, -0.1) is 0 Å². The lowest BCUT2D eigenvalue weighted by molar-refractivity contribution is 0.415. The molecule has 1 aromatic carbocycles. The maximum absolute atomic E-state index is 11.7. The highest BCUT2D eigenvalue weighted by Gasteiger charge is 2.26. The zero-order chi connectivity index (χ0) is 13.4. The molecular formula is C14H13BrN2O2. The third-order valence-corrected chi connectivity index (χ3v) is 3.88. The molecule has 1 heterocycles. The van der Waals surface area contributed by atoms with Crippen LogP contribution in [0.3, 0.4) is 0 Å². The minimum absolute atomic E-state index is 0.110. The quantitative estimate of drug-likeness (QED) is 0.945. The SMILES string of the molecule is COc1ccc(Br)c(-c2nc(C3CC3)cc(=O)[nH]2)c1. The highest BCUT2D eigenvalue weighted by atomic mass is 79.9. The topological polar surface area (TPSA) is 55.0 Å². The molecule has 0 atom stereocenters. The molecule has 1 aliphatic rings. The van der Waals surface area contributed by atoms with Crippen LogP contribution >= 0.6 is 15.9 Å². The molecule has 0 aliphatic heterocycles. The minimum atomic E-state index is -0.110. The molecule has 1 N–H and O–H groups in total. The molecule has 1 aliphatic carbocycles. The number of ether oxygens (including phenoxy) is 1. The first-order chi connectivity index (χ1) is 9.17. The summed E-state index contributed by atoms with van der Waals surface area (Å²) in [5, 5.41) is 0. The standard InChI is InChI=1S/C14H13BrN2O2/c1-19-9-4-5-11(15)10(6-9)14-16-12(8-2-3-8)7-13(18)17-14/h4-8H,2-3H2,1H3,(H,16,17,18). The Morgan fingerprint density at radius 2 is 2.16 bits per heavy atom. The van der Waals surface area contributed by atoms with Gasteiger partial charge in [-0.1, -0.05) is 15.9 Å². The Bertz CT molecular complexity index is 677. The number of hydrogen-bond donors (Lipinski definition) is 1. The van der Waals surface area contributed by atoms with Crippen LogP contribution in [0.4, 0.5) is 0 Å². The maximum Gasteiger partial charge on any atom is 0.251 e. The predicted octanol–water partition coefficient (Wildman–Crippen LogP) is 3.09. The lowest BCUT2D eigenvalue weighted by atomic mass is 10.2. The lowest BCUT2D eigenvalue weighted by Gasteiger charge is -2.08. The van der Waals surface area contributed by atoms with E-state index in [2.05, 4.69) is 25.9 Å². The molecule has 0 saturated heterocycles. The van der Waals surface area contributed by atoms with Crippen LogP contribution in [0.2, 0.25) is 0 Å². The van der Waals surface area contributed by atoms with E-state index in [1.165, 1.54) is 0 Å². The molecule has 0 amide bonds. The van der Waals surface area contributed by atoms with Crippen LogP contribution in [0.25, 0.3) is 11.4 Å². The van der Waals surface area contributed by atoms with Gasteiger partial charge in [0.2, 0.25) is 0 Å². The second-order valence-electron chi connectivity index (χ2n) is 4.64. The summed E-state index contributed by atoms with van der Waals surface area (Å²) in [6.07, 6.45) is 2.24. The molecule has 3 rings (SSSR count). The van der Waals surface area contributed by atoms with Crippen molar-refractivity contribution >= 4 is 15.9 Å². The van der Waals surface area contributed by atoms with Gasteiger partial charge < -0.3 is 9.72 Å². The summed E-state index contributed by atoms with van der Waals surface area (Å²) in [6, 6.07) is 7.20. The van der Waals surface area contributed by atoms with Crippen molar-refractivity contribution in [1.29, 1.82) is 0 Å². The number of nitrogens with zero attached hydrogens (tertiary/aromatic N) is 1. The Balaban J connectivity index is 2.12. The van der Waals surface area contributed by atoms with E-state index in [0.29, 0.717) is 11.7 Å². The van der Waals surface area contributed by atoms with Crippen molar-refractivity contribution in [3.63, 3.8) is 0 Å². The van der Waals surface area contributed by atoms with E-state index < -0.39 is 0 Å². The third-order valence-electron chi connectivity index (χ3n) is 3.19. The maximum atomic E-state index is 11.7. The Hall–Kier alpha value is -1.62. The molecule has 0 spiro atoms. The molecule has 1 fully saturated rings. The van der Waals surface area contributed by atoms with Crippen LogP contribution in [0.5, 0.6) is 5.75 Å². The molecule has 2 aromatic rings. The fourth-order valence-electron chi connectivity index (χ4n) is 2.01. The van der Waals surface area contributed by atoms with Crippen LogP contribution in [0.15, 0.2) is 33.5 Å². The number of halogens is 1. The summed E-state index contributed by atoms with van der Waals surface area (Å²) in [5.74, 6) is 1.77. The fraction of sp³-hybridized carbons (Fsp3) is 0.286. The number of aromatic amines is 1. The van der Waals surface area contributed by atoms with E-state index in [4.69, 9.17) is 4.74 Å². The Morgan fingerprint density at radius 1 is 1.37 bits per heavy atom. The van der Waals surface area contributed by atoms with Crippen molar-refractivity contribution in [2.45, 2.75) is 18.8 Å². The molecule has 19 heavy (non-hydrogen) atoms. The Labute approximate surface area is 119 Å². The zero-order valence-corrected chi connectivity index (χ0v) is 12.0. The zero-order valence-electron chi connectivity index (χ0n) is 10.4. The highest BCUT2D eigenvalue weighted by Crippen LogP contribution is 2.39. The molecule has 98 valence electrons. The van der Waals surface area contributed by atoms with Crippen molar-refractivity contribution in [2.24, 2.45) is 0 Å². The summed E-state index contributed by atoms with van der Waals surface area (Å²) in [5.41, 5.74) is 1.61. The normalized spacial score (nSPS) is 14.4. The summed E-state index contributed by atoms with van der Waals surface area (Å²) >= 11 is 3.48. The third kappa shape index (κ3) is 2.56. The average Bonchev–Trinajstić information content (AvgIpc) is 3.23.